The van der Waals surface area contributed by atoms with Crippen LogP contribution in [0.4, 0.5) is 0 Å². The summed E-state index contributed by atoms with van der Waals surface area (Å²) in [4.78, 5) is 0. The molecule has 1 saturated carbocycles. The first kappa shape index (κ1) is 14.6. The fourth-order valence-electron chi connectivity index (χ4n) is 2.10. The van der Waals surface area contributed by atoms with Gasteiger partial charge in [0.1, 0.15) is 5.75 Å². The van der Waals surface area contributed by atoms with Crippen molar-refractivity contribution in [2.24, 2.45) is 5.92 Å². The van der Waals surface area contributed by atoms with E-state index in [0.29, 0.717) is 13.2 Å². The highest BCUT2D eigenvalue weighted by Crippen LogP contribution is 2.30. The van der Waals surface area contributed by atoms with Gasteiger partial charge in [-0.3, -0.25) is 0 Å². The Kier molecular flexibility index (Phi) is 5.95. The lowest BCUT2D eigenvalue weighted by atomic mass is 9.86. The van der Waals surface area contributed by atoms with Crippen molar-refractivity contribution < 1.29 is 9.47 Å². The third-order valence-electron chi connectivity index (χ3n) is 3.56. The fourth-order valence-corrected chi connectivity index (χ4v) is 2.33. The standard InChI is InChI=1S/C15H22ClNO2/c1-18-9-8-17-10-13-14(16)6-3-7-15(13)19-11-12-4-2-5-12/h3,6-7,12,17H,2,4-5,8-11H2,1H3. The molecular weight excluding hydrogens is 262 g/mol. The largest absolute Gasteiger partial charge is 0.493 e. The van der Waals surface area contributed by atoms with Crippen molar-refractivity contribution in [2.45, 2.75) is 25.8 Å². The number of nitrogens with one attached hydrogen (secondary N) is 1. The second kappa shape index (κ2) is 7.73. The van der Waals surface area contributed by atoms with Crippen molar-refractivity contribution in [3.63, 3.8) is 0 Å². The Hall–Kier alpha value is -0.770. The summed E-state index contributed by atoms with van der Waals surface area (Å²) < 4.78 is 10.9. The van der Waals surface area contributed by atoms with Crippen LogP contribution in [0, 0.1) is 5.92 Å². The van der Waals surface area contributed by atoms with Gasteiger partial charge in [0.05, 0.1) is 13.2 Å². The van der Waals surface area contributed by atoms with Gasteiger partial charge in [-0.25, -0.2) is 0 Å². The summed E-state index contributed by atoms with van der Waals surface area (Å²) in [5.41, 5.74) is 1.04. The summed E-state index contributed by atoms with van der Waals surface area (Å²) in [5.74, 6) is 1.64. The van der Waals surface area contributed by atoms with Gasteiger partial charge >= 0.3 is 0 Å². The van der Waals surface area contributed by atoms with Crippen molar-refractivity contribution in [3.05, 3.63) is 28.8 Å². The van der Waals surface area contributed by atoms with E-state index in [0.717, 1.165) is 35.4 Å². The molecule has 3 nitrogen and oxygen atoms in total. The van der Waals surface area contributed by atoms with Crippen molar-refractivity contribution in [1.82, 2.24) is 5.32 Å². The van der Waals surface area contributed by atoms with Crippen molar-refractivity contribution in [3.8, 4) is 5.75 Å². The molecule has 1 fully saturated rings. The Morgan fingerprint density at radius 1 is 1.37 bits per heavy atom. The molecule has 0 radical (unpaired) electrons. The zero-order valence-electron chi connectivity index (χ0n) is 11.5. The summed E-state index contributed by atoms with van der Waals surface area (Å²) >= 11 is 6.25. The van der Waals surface area contributed by atoms with Gasteiger partial charge in [-0.15, -0.1) is 0 Å². The van der Waals surface area contributed by atoms with Gasteiger partial charge in [0.2, 0.25) is 0 Å². The van der Waals surface area contributed by atoms with E-state index in [-0.39, 0.29) is 0 Å². The fraction of sp³-hybridized carbons (Fsp3) is 0.600. The molecule has 0 spiro atoms. The lowest BCUT2D eigenvalue weighted by molar-refractivity contribution is 0.179. The topological polar surface area (TPSA) is 30.5 Å². The zero-order chi connectivity index (χ0) is 13.5. The molecule has 0 heterocycles. The van der Waals surface area contributed by atoms with Gasteiger partial charge in [-0.2, -0.15) is 0 Å². The number of ether oxygens (including phenoxy) is 2. The average Bonchev–Trinajstić information content (AvgIpc) is 2.35. The van der Waals surface area contributed by atoms with Crippen molar-refractivity contribution in [1.29, 1.82) is 0 Å². The molecule has 106 valence electrons. The third-order valence-corrected chi connectivity index (χ3v) is 3.91. The van der Waals surface area contributed by atoms with Crippen molar-refractivity contribution in [2.75, 3.05) is 26.9 Å². The summed E-state index contributed by atoms with van der Waals surface area (Å²) in [6.07, 6.45) is 3.93. The molecule has 0 aliphatic heterocycles. The van der Waals surface area contributed by atoms with Gasteiger partial charge < -0.3 is 14.8 Å². The molecule has 0 saturated heterocycles. The Morgan fingerprint density at radius 3 is 2.89 bits per heavy atom. The van der Waals surface area contributed by atoms with Crippen LogP contribution in [-0.4, -0.2) is 26.9 Å². The first-order valence-corrected chi connectivity index (χ1v) is 7.29. The highest BCUT2D eigenvalue weighted by molar-refractivity contribution is 6.31. The Balaban J connectivity index is 1.90. The van der Waals surface area contributed by atoms with Crippen LogP contribution in [0.1, 0.15) is 24.8 Å². The first-order valence-electron chi connectivity index (χ1n) is 6.91. The lowest BCUT2D eigenvalue weighted by Gasteiger charge is -2.26. The summed E-state index contributed by atoms with van der Waals surface area (Å²) in [6.45, 7) is 3.03. The summed E-state index contributed by atoms with van der Waals surface area (Å²) in [6, 6.07) is 5.85. The van der Waals surface area contributed by atoms with Gasteiger partial charge in [-0.1, -0.05) is 24.1 Å². The van der Waals surface area contributed by atoms with E-state index < -0.39 is 0 Å². The minimum absolute atomic E-state index is 0.697. The van der Waals surface area contributed by atoms with Crippen LogP contribution in [0.5, 0.6) is 5.75 Å². The third kappa shape index (κ3) is 4.37. The van der Waals surface area contributed by atoms with E-state index in [1.165, 1.54) is 19.3 Å². The van der Waals surface area contributed by atoms with Gasteiger partial charge in [-0.05, 0) is 30.9 Å². The summed E-state index contributed by atoms with van der Waals surface area (Å²) in [7, 11) is 1.70. The van der Waals surface area contributed by atoms with Crippen LogP contribution in [0.15, 0.2) is 18.2 Å². The highest BCUT2D eigenvalue weighted by atomic mass is 35.5. The number of hydrogen-bond donors (Lipinski definition) is 1. The molecule has 0 bridgehead atoms. The smallest absolute Gasteiger partial charge is 0.125 e. The SMILES string of the molecule is COCCNCc1c(Cl)cccc1OCC1CCC1. The summed E-state index contributed by atoms with van der Waals surface area (Å²) in [5, 5.41) is 4.07. The second-order valence-corrected chi connectivity index (χ2v) is 5.40. The van der Waals surface area contributed by atoms with Crippen LogP contribution in [0.25, 0.3) is 0 Å². The lowest BCUT2D eigenvalue weighted by Crippen LogP contribution is -2.21. The highest BCUT2D eigenvalue weighted by Gasteiger charge is 2.18. The van der Waals surface area contributed by atoms with E-state index in [4.69, 9.17) is 21.1 Å². The number of rotatable bonds is 8. The van der Waals surface area contributed by atoms with Crippen LogP contribution < -0.4 is 10.1 Å². The second-order valence-electron chi connectivity index (χ2n) is 4.99. The van der Waals surface area contributed by atoms with E-state index >= 15 is 0 Å². The van der Waals surface area contributed by atoms with Crippen LogP contribution >= 0.6 is 11.6 Å². The molecule has 1 aliphatic carbocycles. The molecule has 1 aliphatic rings. The van der Waals surface area contributed by atoms with Crippen LogP contribution in [0.2, 0.25) is 5.02 Å². The molecule has 2 rings (SSSR count). The number of benzene rings is 1. The van der Waals surface area contributed by atoms with Gasteiger partial charge in [0.15, 0.2) is 0 Å². The van der Waals surface area contributed by atoms with Crippen molar-refractivity contribution >= 4 is 11.6 Å². The van der Waals surface area contributed by atoms with E-state index in [9.17, 15) is 0 Å². The molecule has 0 amide bonds. The molecule has 1 aromatic rings. The molecule has 1 N–H and O–H groups in total. The quantitative estimate of drug-likeness (QED) is 0.743. The van der Waals surface area contributed by atoms with Crippen LogP contribution in [0.3, 0.4) is 0 Å². The monoisotopic (exact) mass is 283 g/mol. The Bertz CT molecular complexity index is 394. The normalized spacial score (nSPS) is 15.3. The number of methoxy groups -OCH3 is 1. The molecule has 0 aromatic heterocycles. The predicted molar refractivity (Wildman–Crippen MR) is 77.9 cm³/mol. The zero-order valence-corrected chi connectivity index (χ0v) is 12.2. The van der Waals surface area contributed by atoms with E-state index in [1.807, 2.05) is 18.2 Å². The molecule has 0 unspecified atom stereocenters. The Labute approximate surface area is 120 Å². The van der Waals surface area contributed by atoms with Gasteiger partial charge in [0, 0.05) is 30.8 Å². The maximum absolute atomic E-state index is 6.25. The van der Waals surface area contributed by atoms with Gasteiger partial charge in [0.25, 0.3) is 0 Å². The molecule has 0 atom stereocenters. The Morgan fingerprint density at radius 2 is 2.21 bits per heavy atom. The maximum atomic E-state index is 6.25. The van der Waals surface area contributed by atoms with Crippen LogP contribution in [-0.2, 0) is 11.3 Å². The minimum atomic E-state index is 0.697. The number of halogens is 1. The molecule has 4 heteroatoms. The van der Waals surface area contributed by atoms with E-state index in [2.05, 4.69) is 5.32 Å². The molecule has 1 aromatic carbocycles. The predicted octanol–water partition coefficient (Wildman–Crippen LogP) is 3.25. The number of hydrogen-bond acceptors (Lipinski definition) is 3. The van der Waals surface area contributed by atoms with E-state index in [1.54, 1.807) is 7.11 Å². The average molecular weight is 284 g/mol. The minimum Gasteiger partial charge on any atom is -0.493 e. The maximum Gasteiger partial charge on any atom is 0.125 e. The molecule has 19 heavy (non-hydrogen) atoms. The first-order chi connectivity index (χ1) is 9.31. The molecular formula is C15H22ClNO2.